The first-order valence-electron chi connectivity index (χ1n) is 5.75. The van der Waals surface area contributed by atoms with Crippen molar-refractivity contribution in [3.05, 3.63) is 57.2 Å². The van der Waals surface area contributed by atoms with Crippen LogP contribution >= 0.6 is 22.6 Å². The molecule has 2 aromatic rings. The van der Waals surface area contributed by atoms with Crippen LogP contribution in [0.25, 0.3) is 0 Å². The van der Waals surface area contributed by atoms with Gasteiger partial charge in [-0.1, -0.05) is 6.07 Å². The maximum Gasteiger partial charge on any atom is 0.134 e. The number of nitriles is 1. The predicted molar refractivity (Wildman–Crippen MR) is 81.0 cm³/mol. The Balaban J connectivity index is 2.37. The predicted octanol–water partition coefficient (Wildman–Crippen LogP) is 4.01. The van der Waals surface area contributed by atoms with Crippen LogP contribution in [-0.4, -0.2) is 5.11 Å². The molecule has 0 fully saturated rings. The Hall–Kier alpha value is -1.58. The minimum Gasteiger partial charge on any atom is -0.457 e. The summed E-state index contributed by atoms with van der Waals surface area (Å²) in [6, 6.07) is 14.7. The van der Waals surface area contributed by atoms with E-state index in [0.29, 0.717) is 22.6 Å². The molecule has 19 heavy (non-hydrogen) atoms. The number of hydrogen-bond acceptors (Lipinski definition) is 3. The van der Waals surface area contributed by atoms with E-state index in [-0.39, 0.29) is 0 Å². The fraction of sp³-hybridized carbons (Fsp3) is 0.133. The molecule has 0 bridgehead atoms. The molecule has 0 aliphatic rings. The zero-order chi connectivity index (χ0) is 13.8. The van der Waals surface area contributed by atoms with E-state index in [1.54, 1.807) is 25.1 Å². The summed E-state index contributed by atoms with van der Waals surface area (Å²) >= 11 is 2.22. The Labute approximate surface area is 125 Å². The van der Waals surface area contributed by atoms with Crippen molar-refractivity contribution in [1.29, 1.82) is 5.26 Å². The fourth-order valence-corrected chi connectivity index (χ4v) is 2.03. The highest BCUT2D eigenvalue weighted by Crippen LogP contribution is 2.30. The lowest BCUT2D eigenvalue weighted by atomic mass is 10.1. The van der Waals surface area contributed by atoms with E-state index >= 15 is 0 Å². The van der Waals surface area contributed by atoms with Crippen LogP contribution < -0.4 is 4.74 Å². The van der Waals surface area contributed by atoms with Gasteiger partial charge in [0.15, 0.2) is 0 Å². The molecule has 96 valence electrons. The van der Waals surface area contributed by atoms with E-state index in [1.807, 2.05) is 24.3 Å². The standard InChI is InChI=1S/C15H12INO2/c1-10(18)14-7-2-11(9-17)8-15(14)19-13-5-3-12(16)4-6-13/h2-8,10,18H,1H3/t10-/m0/s1. The van der Waals surface area contributed by atoms with E-state index in [9.17, 15) is 5.11 Å². The molecule has 0 radical (unpaired) electrons. The smallest absolute Gasteiger partial charge is 0.134 e. The molecule has 4 heteroatoms. The summed E-state index contributed by atoms with van der Waals surface area (Å²) in [4.78, 5) is 0. The third-order valence-corrected chi connectivity index (χ3v) is 3.35. The molecule has 0 aromatic heterocycles. The summed E-state index contributed by atoms with van der Waals surface area (Å²) < 4.78 is 6.87. The molecule has 0 saturated heterocycles. The first-order valence-corrected chi connectivity index (χ1v) is 6.83. The molecule has 1 N–H and O–H groups in total. The lowest BCUT2D eigenvalue weighted by molar-refractivity contribution is 0.195. The SMILES string of the molecule is C[C@H](O)c1ccc(C#N)cc1Oc1ccc(I)cc1. The molecule has 0 unspecified atom stereocenters. The number of aliphatic hydroxyl groups excluding tert-OH is 1. The molecule has 0 heterocycles. The van der Waals surface area contributed by atoms with Crippen molar-refractivity contribution in [1.82, 2.24) is 0 Å². The second-order valence-corrected chi connectivity index (χ2v) is 5.34. The van der Waals surface area contributed by atoms with E-state index in [0.717, 1.165) is 3.57 Å². The zero-order valence-electron chi connectivity index (χ0n) is 10.3. The quantitative estimate of drug-likeness (QED) is 0.837. The number of rotatable bonds is 3. The average Bonchev–Trinajstić information content (AvgIpc) is 2.41. The van der Waals surface area contributed by atoms with Crippen molar-refractivity contribution in [3.8, 4) is 17.6 Å². The topological polar surface area (TPSA) is 53.2 Å². The van der Waals surface area contributed by atoms with Crippen molar-refractivity contribution in [2.45, 2.75) is 13.0 Å². The molecule has 0 aliphatic carbocycles. The highest BCUT2D eigenvalue weighted by atomic mass is 127. The molecule has 0 spiro atoms. The van der Waals surface area contributed by atoms with Gasteiger partial charge in [0.1, 0.15) is 11.5 Å². The Bertz CT molecular complexity index is 615. The molecule has 0 amide bonds. The Morgan fingerprint density at radius 3 is 2.47 bits per heavy atom. The first-order chi connectivity index (χ1) is 9.10. The van der Waals surface area contributed by atoms with Gasteiger partial charge in [0, 0.05) is 9.13 Å². The maximum atomic E-state index is 9.73. The number of nitrogens with zero attached hydrogens (tertiary/aromatic N) is 1. The van der Waals surface area contributed by atoms with Crippen LogP contribution in [0, 0.1) is 14.9 Å². The second kappa shape index (κ2) is 6.04. The zero-order valence-corrected chi connectivity index (χ0v) is 12.5. The maximum absolute atomic E-state index is 9.73. The number of halogens is 1. The van der Waals surface area contributed by atoms with Gasteiger partial charge in [-0.15, -0.1) is 0 Å². The molecule has 0 aliphatic heterocycles. The molecule has 2 aromatic carbocycles. The summed E-state index contributed by atoms with van der Waals surface area (Å²) in [7, 11) is 0. The van der Waals surface area contributed by atoms with Gasteiger partial charge in [0.05, 0.1) is 17.7 Å². The highest BCUT2D eigenvalue weighted by Gasteiger charge is 2.11. The van der Waals surface area contributed by atoms with E-state index in [1.165, 1.54) is 0 Å². The van der Waals surface area contributed by atoms with Gasteiger partial charge in [0.25, 0.3) is 0 Å². The van der Waals surface area contributed by atoms with Crippen LogP contribution in [0.4, 0.5) is 0 Å². The van der Waals surface area contributed by atoms with E-state index in [2.05, 4.69) is 28.7 Å². The lowest BCUT2D eigenvalue weighted by Crippen LogP contribution is -1.97. The second-order valence-electron chi connectivity index (χ2n) is 4.10. The fourth-order valence-electron chi connectivity index (χ4n) is 1.67. The van der Waals surface area contributed by atoms with Crippen LogP contribution in [0.5, 0.6) is 11.5 Å². The van der Waals surface area contributed by atoms with Crippen molar-refractivity contribution >= 4 is 22.6 Å². The minimum atomic E-state index is -0.647. The summed E-state index contributed by atoms with van der Waals surface area (Å²) in [6.07, 6.45) is -0.647. The number of benzene rings is 2. The van der Waals surface area contributed by atoms with Gasteiger partial charge < -0.3 is 9.84 Å². The highest BCUT2D eigenvalue weighted by molar-refractivity contribution is 14.1. The van der Waals surface area contributed by atoms with Gasteiger partial charge in [-0.2, -0.15) is 5.26 Å². The van der Waals surface area contributed by atoms with Crippen LogP contribution in [0.1, 0.15) is 24.2 Å². The van der Waals surface area contributed by atoms with Crippen LogP contribution in [0.3, 0.4) is 0 Å². The molecule has 1 atom stereocenters. The Morgan fingerprint density at radius 2 is 1.89 bits per heavy atom. The van der Waals surface area contributed by atoms with Crippen molar-refractivity contribution in [2.24, 2.45) is 0 Å². The molecular formula is C15H12INO2. The molecule has 2 rings (SSSR count). The van der Waals surface area contributed by atoms with Gasteiger partial charge in [-0.3, -0.25) is 0 Å². The normalized spacial score (nSPS) is 11.7. The van der Waals surface area contributed by atoms with E-state index < -0.39 is 6.10 Å². The van der Waals surface area contributed by atoms with Gasteiger partial charge in [-0.05, 0) is 65.9 Å². The lowest BCUT2D eigenvalue weighted by Gasteiger charge is -2.13. The van der Waals surface area contributed by atoms with Gasteiger partial charge >= 0.3 is 0 Å². The van der Waals surface area contributed by atoms with Crippen molar-refractivity contribution in [2.75, 3.05) is 0 Å². The van der Waals surface area contributed by atoms with Crippen LogP contribution in [-0.2, 0) is 0 Å². The Morgan fingerprint density at radius 1 is 1.21 bits per heavy atom. The average molecular weight is 365 g/mol. The van der Waals surface area contributed by atoms with Crippen LogP contribution in [0.15, 0.2) is 42.5 Å². The summed E-state index contributed by atoms with van der Waals surface area (Å²) in [5.74, 6) is 1.19. The van der Waals surface area contributed by atoms with Gasteiger partial charge in [0.2, 0.25) is 0 Å². The molecule has 3 nitrogen and oxygen atoms in total. The van der Waals surface area contributed by atoms with Crippen molar-refractivity contribution < 1.29 is 9.84 Å². The third-order valence-electron chi connectivity index (χ3n) is 2.63. The van der Waals surface area contributed by atoms with E-state index in [4.69, 9.17) is 10.00 Å². The number of aliphatic hydroxyl groups is 1. The molecular weight excluding hydrogens is 353 g/mol. The van der Waals surface area contributed by atoms with Gasteiger partial charge in [-0.25, -0.2) is 0 Å². The summed E-state index contributed by atoms with van der Waals surface area (Å²) in [5, 5.41) is 18.7. The summed E-state index contributed by atoms with van der Waals surface area (Å²) in [5.41, 5.74) is 1.17. The molecule has 0 saturated carbocycles. The minimum absolute atomic E-state index is 0.505. The number of ether oxygens (including phenoxy) is 1. The number of hydrogen-bond donors (Lipinski definition) is 1. The largest absolute Gasteiger partial charge is 0.457 e. The van der Waals surface area contributed by atoms with Crippen molar-refractivity contribution in [3.63, 3.8) is 0 Å². The summed E-state index contributed by atoms with van der Waals surface area (Å²) in [6.45, 7) is 1.67. The monoisotopic (exact) mass is 365 g/mol. The Kier molecular flexibility index (Phi) is 4.40. The third kappa shape index (κ3) is 3.46. The van der Waals surface area contributed by atoms with Crippen LogP contribution in [0.2, 0.25) is 0 Å². The first kappa shape index (κ1) is 13.8.